The molecule has 0 aliphatic rings. The van der Waals surface area contributed by atoms with Gasteiger partial charge in [0.25, 0.3) is 0 Å². The number of rotatable bonds is 14. The summed E-state index contributed by atoms with van der Waals surface area (Å²) < 4.78 is 23.2. The molecule has 7 heteroatoms. The minimum absolute atomic E-state index is 0.558. The van der Waals surface area contributed by atoms with Crippen LogP contribution < -0.4 is 9.84 Å². The van der Waals surface area contributed by atoms with Gasteiger partial charge in [-0.2, -0.15) is 0 Å². The number of carboxylic acid groups (broad SMARTS) is 1. The summed E-state index contributed by atoms with van der Waals surface area (Å²) in [5.41, 5.74) is 0.752. The first-order valence-electron chi connectivity index (χ1n) is 9.09. The summed E-state index contributed by atoms with van der Waals surface area (Å²) in [5, 5.41) is 10.5. The van der Waals surface area contributed by atoms with E-state index in [1.165, 1.54) is 6.08 Å². The molecular weight excluding hydrogens is 352 g/mol. The lowest BCUT2D eigenvalue weighted by atomic mass is 10.2. The number of ether oxygens (including phenoxy) is 1. The van der Waals surface area contributed by atoms with E-state index in [4.69, 9.17) is 18.0 Å². The van der Waals surface area contributed by atoms with Crippen LogP contribution in [0, 0.1) is 0 Å². The third-order valence-electron chi connectivity index (χ3n) is 3.51. The number of carbonyl (C=O) groups is 1. The van der Waals surface area contributed by atoms with Crippen LogP contribution >= 0.6 is 0 Å². The van der Waals surface area contributed by atoms with Gasteiger partial charge in [0.2, 0.25) is 0 Å². The largest absolute Gasteiger partial charge is 0.545 e. The molecule has 0 N–H and O–H groups in total. The molecule has 0 aliphatic heterocycles. The lowest BCUT2D eigenvalue weighted by molar-refractivity contribution is -0.297. The number of benzene rings is 1. The molecule has 0 heterocycles. The monoisotopic (exact) mass is 381 g/mol. The number of unbranched alkanes of at least 4 members (excludes halogenated alkanes) is 1. The second kappa shape index (κ2) is 12.6. The van der Waals surface area contributed by atoms with Gasteiger partial charge in [0.1, 0.15) is 5.75 Å². The molecule has 0 radical (unpaired) electrons. The number of hydrogen-bond donors (Lipinski definition) is 0. The molecule has 0 unspecified atom stereocenters. The van der Waals surface area contributed by atoms with E-state index in [-0.39, 0.29) is 0 Å². The number of carbonyl (C=O) groups excluding carboxylic acids is 1. The topological polar surface area (TPSA) is 77.1 Å². The van der Waals surface area contributed by atoms with Gasteiger partial charge in [0, 0.05) is 25.9 Å². The fourth-order valence-electron chi connectivity index (χ4n) is 2.51. The zero-order chi connectivity index (χ0) is 19.3. The summed E-state index contributed by atoms with van der Waals surface area (Å²) in [5.74, 6) is -0.518. The van der Waals surface area contributed by atoms with E-state index in [1.807, 2.05) is 32.9 Å². The summed E-state index contributed by atoms with van der Waals surface area (Å²) in [4.78, 5) is 10.5. The molecule has 0 atom stereocenters. The Balaban J connectivity index is 2.45. The normalized spacial score (nSPS) is 11.8. The molecule has 26 heavy (non-hydrogen) atoms. The van der Waals surface area contributed by atoms with Gasteiger partial charge in [-0.1, -0.05) is 18.2 Å². The van der Waals surface area contributed by atoms with Crippen LogP contribution in [0.25, 0.3) is 6.08 Å². The molecule has 6 nitrogen and oxygen atoms in total. The molecule has 0 aliphatic carbocycles. The van der Waals surface area contributed by atoms with Crippen LogP contribution in [0.15, 0.2) is 30.3 Å². The van der Waals surface area contributed by atoms with E-state index in [0.717, 1.165) is 30.5 Å². The van der Waals surface area contributed by atoms with Crippen molar-refractivity contribution in [3.8, 4) is 5.75 Å². The minimum Gasteiger partial charge on any atom is -0.545 e. The summed E-state index contributed by atoms with van der Waals surface area (Å²) in [6.07, 6.45) is 4.21. The van der Waals surface area contributed by atoms with Crippen LogP contribution in [0.3, 0.4) is 0 Å². The molecule has 0 spiro atoms. The number of hydrogen-bond acceptors (Lipinski definition) is 6. The summed E-state index contributed by atoms with van der Waals surface area (Å²) in [6.45, 7) is 8.14. The second-order valence-electron chi connectivity index (χ2n) is 5.51. The Morgan fingerprint density at radius 3 is 2.31 bits per heavy atom. The molecular formula is C19H29O6Si-. The van der Waals surface area contributed by atoms with Crippen LogP contribution in [0.2, 0.25) is 6.04 Å². The molecule has 0 saturated heterocycles. The minimum atomic E-state index is -2.58. The summed E-state index contributed by atoms with van der Waals surface area (Å²) in [7, 11) is -2.58. The van der Waals surface area contributed by atoms with Crippen LogP contribution in [-0.4, -0.2) is 41.2 Å². The van der Waals surface area contributed by atoms with E-state index < -0.39 is 14.8 Å². The maximum Gasteiger partial charge on any atom is 0.500 e. The highest BCUT2D eigenvalue weighted by Gasteiger charge is 2.39. The smallest absolute Gasteiger partial charge is 0.500 e. The fraction of sp³-hybridized carbons (Fsp3) is 0.526. The Hall–Kier alpha value is -1.67. The SMILES string of the molecule is CCO[Si](CCCCOc1cccc(/C=C/C(=O)[O-])c1)(OCC)OCC. The van der Waals surface area contributed by atoms with Gasteiger partial charge in [0.15, 0.2) is 0 Å². The van der Waals surface area contributed by atoms with Gasteiger partial charge < -0.3 is 27.9 Å². The quantitative estimate of drug-likeness (QED) is 0.280. The molecule has 146 valence electrons. The lowest BCUT2D eigenvalue weighted by Gasteiger charge is -2.28. The third kappa shape index (κ3) is 8.62. The van der Waals surface area contributed by atoms with E-state index in [2.05, 4.69) is 0 Å². The maximum atomic E-state index is 10.5. The Bertz CT molecular complexity index is 544. The summed E-state index contributed by atoms with van der Waals surface area (Å²) >= 11 is 0. The van der Waals surface area contributed by atoms with Crippen molar-refractivity contribution in [3.05, 3.63) is 35.9 Å². The van der Waals surface area contributed by atoms with Crippen molar-refractivity contribution >= 4 is 20.8 Å². The zero-order valence-electron chi connectivity index (χ0n) is 15.9. The molecule has 0 bridgehead atoms. The van der Waals surface area contributed by atoms with E-state index in [9.17, 15) is 9.90 Å². The van der Waals surface area contributed by atoms with Crippen LogP contribution in [0.5, 0.6) is 5.75 Å². The molecule has 0 fully saturated rings. The van der Waals surface area contributed by atoms with E-state index in [0.29, 0.717) is 32.2 Å². The van der Waals surface area contributed by atoms with Gasteiger partial charge in [-0.3, -0.25) is 0 Å². The molecule has 1 rings (SSSR count). The van der Waals surface area contributed by atoms with Crippen molar-refractivity contribution < 1.29 is 27.9 Å². The molecule has 0 saturated carbocycles. The van der Waals surface area contributed by atoms with E-state index >= 15 is 0 Å². The Kier molecular flexibility index (Phi) is 10.9. The Morgan fingerprint density at radius 1 is 1.08 bits per heavy atom. The predicted octanol–water partition coefficient (Wildman–Crippen LogP) is 2.66. The second-order valence-corrected chi connectivity index (χ2v) is 8.24. The van der Waals surface area contributed by atoms with Crippen molar-refractivity contribution in [2.45, 2.75) is 39.7 Å². The Labute approximate surface area is 157 Å². The number of carboxylic acids is 1. The highest BCUT2D eigenvalue weighted by atomic mass is 28.4. The van der Waals surface area contributed by atoms with Gasteiger partial charge in [-0.05, 0) is 57.4 Å². The van der Waals surface area contributed by atoms with Gasteiger partial charge in [-0.15, -0.1) is 0 Å². The maximum absolute atomic E-state index is 10.5. The van der Waals surface area contributed by atoms with Crippen molar-refractivity contribution in [2.75, 3.05) is 26.4 Å². The van der Waals surface area contributed by atoms with Crippen molar-refractivity contribution in [3.63, 3.8) is 0 Å². The van der Waals surface area contributed by atoms with Crippen LogP contribution in [-0.2, 0) is 18.1 Å². The van der Waals surface area contributed by atoms with Crippen molar-refractivity contribution in [1.29, 1.82) is 0 Å². The average molecular weight is 382 g/mol. The highest BCUT2D eigenvalue weighted by molar-refractivity contribution is 6.60. The first-order chi connectivity index (χ1) is 12.5. The van der Waals surface area contributed by atoms with Gasteiger partial charge in [0.05, 0.1) is 12.6 Å². The summed E-state index contributed by atoms with van der Waals surface area (Å²) in [6, 6.07) is 8.02. The molecule has 0 amide bonds. The molecule has 1 aromatic carbocycles. The zero-order valence-corrected chi connectivity index (χ0v) is 16.9. The predicted molar refractivity (Wildman–Crippen MR) is 101 cm³/mol. The molecule has 1 aromatic rings. The van der Waals surface area contributed by atoms with Crippen LogP contribution in [0.4, 0.5) is 0 Å². The average Bonchev–Trinajstić information content (AvgIpc) is 2.61. The number of aliphatic carboxylic acids is 1. The van der Waals surface area contributed by atoms with Gasteiger partial charge in [-0.25, -0.2) is 0 Å². The lowest BCUT2D eigenvalue weighted by Crippen LogP contribution is -2.45. The standard InChI is InChI=1S/C19H30O6Si/c1-4-23-26(24-5-2,25-6-3)15-8-7-14-22-18-11-9-10-17(16-18)12-13-19(20)21/h9-13,16H,4-8,14-15H2,1-3H3,(H,20,21)/p-1/b13-12+. The van der Waals surface area contributed by atoms with Crippen LogP contribution in [0.1, 0.15) is 39.2 Å². The molecule has 0 aromatic heterocycles. The van der Waals surface area contributed by atoms with Gasteiger partial charge >= 0.3 is 8.80 Å². The van der Waals surface area contributed by atoms with Crippen molar-refractivity contribution in [2.24, 2.45) is 0 Å². The fourth-order valence-corrected chi connectivity index (χ4v) is 5.19. The van der Waals surface area contributed by atoms with Crippen molar-refractivity contribution in [1.82, 2.24) is 0 Å². The van der Waals surface area contributed by atoms with E-state index in [1.54, 1.807) is 12.1 Å². The highest BCUT2D eigenvalue weighted by Crippen LogP contribution is 2.20. The first-order valence-corrected chi connectivity index (χ1v) is 11.0. The first kappa shape index (κ1) is 22.4. The Morgan fingerprint density at radius 2 is 1.73 bits per heavy atom. The third-order valence-corrected chi connectivity index (χ3v) is 6.66.